The van der Waals surface area contributed by atoms with Crippen molar-refractivity contribution in [2.75, 3.05) is 0 Å². The van der Waals surface area contributed by atoms with Gasteiger partial charge in [-0.1, -0.05) is 30.3 Å². The average Bonchev–Trinajstić information content (AvgIpc) is 2.48. The summed E-state index contributed by atoms with van der Waals surface area (Å²) in [7, 11) is -4.09. The molecule has 0 spiro atoms. The number of rotatable bonds is 6. The highest BCUT2D eigenvalue weighted by Gasteiger charge is 2.26. The van der Waals surface area contributed by atoms with Gasteiger partial charge in [-0.05, 0) is 23.8 Å². The topological polar surface area (TPSA) is 104 Å². The Kier molecular flexibility index (Phi) is 4.97. The van der Waals surface area contributed by atoms with Crippen LogP contribution in [0.4, 0.5) is 4.39 Å². The van der Waals surface area contributed by atoms with Crippen LogP contribution in [-0.2, 0) is 20.6 Å². The molecule has 0 saturated carbocycles. The van der Waals surface area contributed by atoms with Crippen molar-refractivity contribution >= 4 is 16.0 Å². The van der Waals surface area contributed by atoms with Crippen LogP contribution in [0.25, 0.3) is 0 Å². The van der Waals surface area contributed by atoms with Gasteiger partial charge in [0.2, 0.25) is 10.0 Å². The molecule has 0 fully saturated rings. The first-order valence-electron chi connectivity index (χ1n) is 6.53. The van der Waals surface area contributed by atoms with Gasteiger partial charge in [-0.25, -0.2) is 12.8 Å². The molecule has 122 valence electrons. The van der Waals surface area contributed by atoms with Crippen LogP contribution in [0.2, 0.25) is 0 Å². The fourth-order valence-corrected chi connectivity index (χ4v) is 3.29. The van der Waals surface area contributed by atoms with Gasteiger partial charge < -0.3 is 10.2 Å². The summed E-state index contributed by atoms with van der Waals surface area (Å²) in [5.74, 6) is -2.85. The smallest absolute Gasteiger partial charge is 0.326 e. The fourth-order valence-electron chi connectivity index (χ4n) is 1.97. The maximum atomic E-state index is 13.5. The van der Waals surface area contributed by atoms with E-state index in [1.807, 2.05) is 4.72 Å². The number of hydrogen-bond acceptors (Lipinski definition) is 4. The molecule has 0 amide bonds. The highest BCUT2D eigenvalue weighted by molar-refractivity contribution is 7.88. The highest BCUT2D eigenvalue weighted by Crippen LogP contribution is 2.19. The molecule has 0 aliphatic heterocycles. The van der Waals surface area contributed by atoms with Gasteiger partial charge in [0.05, 0.1) is 5.75 Å². The highest BCUT2D eigenvalue weighted by atomic mass is 32.2. The summed E-state index contributed by atoms with van der Waals surface area (Å²) < 4.78 is 39.8. The summed E-state index contributed by atoms with van der Waals surface area (Å²) in [5, 5.41) is 18.4. The predicted octanol–water partition coefficient (Wildman–Crippen LogP) is 1.78. The van der Waals surface area contributed by atoms with Gasteiger partial charge in [-0.15, -0.1) is 0 Å². The van der Waals surface area contributed by atoms with Crippen LogP contribution >= 0.6 is 0 Å². The average molecular weight is 339 g/mol. The van der Waals surface area contributed by atoms with Gasteiger partial charge in [-0.3, -0.25) is 4.79 Å². The van der Waals surface area contributed by atoms with E-state index in [1.54, 1.807) is 0 Å². The fraction of sp³-hybridized carbons (Fsp3) is 0.133. The summed E-state index contributed by atoms with van der Waals surface area (Å²) in [6.45, 7) is 0. The first-order chi connectivity index (χ1) is 10.8. The van der Waals surface area contributed by atoms with E-state index < -0.39 is 33.6 Å². The second-order valence-electron chi connectivity index (χ2n) is 4.83. The van der Waals surface area contributed by atoms with Crippen LogP contribution in [-0.4, -0.2) is 24.6 Å². The number of carboxylic acids is 1. The Hall–Kier alpha value is -2.45. The number of carbonyl (C=O) groups is 1. The van der Waals surface area contributed by atoms with Crippen molar-refractivity contribution in [3.8, 4) is 5.75 Å². The van der Waals surface area contributed by atoms with Gasteiger partial charge >= 0.3 is 5.97 Å². The first kappa shape index (κ1) is 16.9. The van der Waals surface area contributed by atoms with E-state index in [9.17, 15) is 27.8 Å². The number of phenols is 1. The third-order valence-corrected chi connectivity index (χ3v) is 4.36. The summed E-state index contributed by atoms with van der Waals surface area (Å²) >= 11 is 0. The molecule has 23 heavy (non-hydrogen) atoms. The van der Waals surface area contributed by atoms with E-state index in [0.717, 1.165) is 6.07 Å². The zero-order chi connectivity index (χ0) is 17.0. The molecular weight excluding hydrogens is 325 g/mol. The second-order valence-corrected chi connectivity index (χ2v) is 6.59. The molecule has 2 rings (SSSR count). The van der Waals surface area contributed by atoms with E-state index >= 15 is 0 Å². The molecule has 0 saturated heterocycles. The Balaban J connectivity index is 2.23. The lowest BCUT2D eigenvalue weighted by atomic mass is 10.1. The van der Waals surface area contributed by atoms with Crippen LogP contribution < -0.4 is 4.72 Å². The third-order valence-electron chi connectivity index (χ3n) is 3.07. The Morgan fingerprint density at radius 1 is 1.13 bits per heavy atom. The summed E-state index contributed by atoms with van der Waals surface area (Å²) in [6, 6.07) is 8.89. The lowest BCUT2D eigenvalue weighted by molar-refractivity contribution is -0.139. The predicted molar refractivity (Wildman–Crippen MR) is 80.6 cm³/mol. The van der Waals surface area contributed by atoms with Crippen molar-refractivity contribution in [3.05, 3.63) is 65.5 Å². The lowest BCUT2D eigenvalue weighted by Gasteiger charge is -2.15. The molecule has 0 unspecified atom stereocenters. The number of aliphatic carboxylic acids is 1. The zero-order valence-electron chi connectivity index (χ0n) is 11.8. The molecule has 0 aliphatic carbocycles. The number of phenolic OH excluding ortho intramolecular Hbond substituents is 1. The van der Waals surface area contributed by atoms with Crippen molar-refractivity contribution < 1.29 is 27.8 Å². The van der Waals surface area contributed by atoms with Crippen LogP contribution in [0.5, 0.6) is 5.75 Å². The maximum Gasteiger partial charge on any atom is 0.326 e. The van der Waals surface area contributed by atoms with Crippen LogP contribution in [0, 0.1) is 5.82 Å². The Morgan fingerprint density at radius 2 is 1.74 bits per heavy atom. The monoisotopic (exact) mass is 339 g/mol. The van der Waals surface area contributed by atoms with Gasteiger partial charge in [0.15, 0.2) is 0 Å². The van der Waals surface area contributed by atoms with E-state index in [1.165, 1.54) is 42.5 Å². The number of aromatic hydroxyl groups is 1. The SMILES string of the molecule is O=C(O)[C@@H](NS(=O)(=O)Cc1ccccc1F)c1ccc(O)cc1. The molecular formula is C15H14FNO5S. The first-order valence-corrected chi connectivity index (χ1v) is 8.19. The van der Waals surface area contributed by atoms with Gasteiger partial charge in [0, 0.05) is 5.56 Å². The number of hydrogen-bond donors (Lipinski definition) is 3. The summed E-state index contributed by atoms with van der Waals surface area (Å²) in [4.78, 5) is 11.3. The third kappa shape index (κ3) is 4.51. The van der Waals surface area contributed by atoms with E-state index in [-0.39, 0.29) is 16.9 Å². The van der Waals surface area contributed by atoms with Crippen LogP contribution in [0.1, 0.15) is 17.2 Å². The normalized spacial score (nSPS) is 12.7. The number of carboxylic acid groups (broad SMARTS) is 1. The minimum atomic E-state index is -4.09. The van der Waals surface area contributed by atoms with Crippen molar-refractivity contribution in [3.63, 3.8) is 0 Å². The van der Waals surface area contributed by atoms with E-state index in [4.69, 9.17) is 0 Å². The van der Waals surface area contributed by atoms with E-state index in [2.05, 4.69) is 0 Å². The molecule has 2 aromatic rings. The van der Waals surface area contributed by atoms with Gasteiger partial charge in [0.1, 0.15) is 17.6 Å². The lowest BCUT2D eigenvalue weighted by Crippen LogP contribution is -2.34. The molecule has 0 radical (unpaired) electrons. The Morgan fingerprint density at radius 3 is 2.30 bits per heavy atom. The molecule has 3 N–H and O–H groups in total. The van der Waals surface area contributed by atoms with Crippen molar-refractivity contribution in [1.82, 2.24) is 4.72 Å². The van der Waals surface area contributed by atoms with Crippen molar-refractivity contribution in [2.45, 2.75) is 11.8 Å². The number of benzene rings is 2. The maximum absolute atomic E-state index is 13.5. The summed E-state index contributed by atoms with van der Waals surface area (Å²) in [5.41, 5.74) is 0.0854. The van der Waals surface area contributed by atoms with Gasteiger partial charge in [-0.2, -0.15) is 4.72 Å². The molecule has 1 atom stereocenters. The van der Waals surface area contributed by atoms with Crippen molar-refractivity contribution in [1.29, 1.82) is 0 Å². The number of halogens is 1. The zero-order valence-corrected chi connectivity index (χ0v) is 12.6. The molecule has 2 aromatic carbocycles. The van der Waals surface area contributed by atoms with Gasteiger partial charge in [0.25, 0.3) is 0 Å². The Bertz CT molecular complexity index is 805. The minimum Gasteiger partial charge on any atom is -0.508 e. The standard InChI is InChI=1S/C15H14FNO5S/c16-13-4-2-1-3-11(13)9-23(21,22)17-14(15(19)20)10-5-7-12(18)8-6-10/h1-8,14,17-18H,9H2,(H,19,20)/t14-/m0/s1. The quantitative estimate of drug-likeness (QED) is 0.744. The number of sulfonamides is 1. The molecule has 0 aliphatic rings. The van der Waals surface area contributed by atoms with Crippen LogP contribution in [0.15, 0.2) is 48.5 Å². The number of nitrogens with one attached hydrogen (secondary N) is 1. The Labute approximate surface area is 132 Å². The molecule has 0 bridgehead atoms. The molecule has 6 nitrogen and oxygen atoms in total. The second kappa shape index (κ2) is 6.76. The molecule has 0 heterocycles. The van der Waals surface area contributed by atoms with Crippen LogP contribution in [0.3, 0.4) is 0 Å². The van der Waals surface area contributed by atoms with Crippen molar-refractivity contribution in [2.24, 2.45) is 0 Å². The minimum absolute atomic E-state index is 0.0603. The van der Waals surface area contributed by atoms with E-state index in [0.29, 0.717) is 0 Å². The largest absolute Gasteiger partial charge is 0.508 e. The molecule has 0 aromatic heterocycles. The molecule has 8 heteroatoms. The summed E-state index contributed by atoms with van der Waals surface area (Å²) in [6.07, 6.45) is 0.